The van der Waals surface area contributed by atoms with Gasteiger partial charge in [0.2, 0.25) is 5.95 Å². The summed E-state index contributed by atoms with van der Waals surface area (Å²) in [4.78, 5) is 4.56. The molecular weight excluding hydrogens is 250 g/mol. The largest absolute Gasteiger partial charge is 0.369 e. The van der Waals surface area contributed by atoms with Gasteiger partial charge in [-0.15, -0.1) is 0 Å². The predicted molar refractivity (Wildman–Crippen MR) is 70.9 cm³/mol. The Labute approximate surface area is 106 Å². The van der Waals surface area contributed by atoms with Crippen LogP contribution in [-0.4, -0.2) is 24.2 Å². The molecule has 6 heteroatoms. The molecule has 0 bridgehead atoms. The Hall–Kier alpha value is -1.82. The number of aromatic nitrogens is 2. The van der Waals surface area contributed by atoms with Crippen LogP contribution in [0.15, 0.2) is 29.2 Å². The van der Waals surface area contributed by atoms with Crippen molar-refractivity contribution in [2.45, 2.75) is 11.8 Å². The lowest BCUT2D eigenvalue weighted by Crippen LogP contribution is -1.97. The van der Waals surface area contributed by atoms with E-state index in [1.165, 1.54) is 6.26 Å². The fraction of sp³-hybridized carbons (Fsp3) is 0.250. The standard InChI is InChI=1S/C12H15N3O2S/c1-8-11(14-12(13)15(8)2)9-4-6-10(7-5-9)18(3,16)17/h4-7H,1-3H3,(H2,13,14). The molecule has 2 aromatic rings. The minimum absolute atomic E-state index is 0.299. The van der Waals surface area contributed by atoms with Crippen LogP contribution in [0.1, 0.15) is 5.69 Å². The fourth-order valence-electron chi connectivity index (χ4n) is 1.73. The number of nitrogens with two attached hydrogens (primary N) is 1. The number of hydrogen-bond donors (Lipinski definition) is 1. The van der Waals surface area contributed by atoms with Crippen LogP contribution in [0.3, 0.4) is 0 Å². The Bertz CT molecular complexity index is 685. The minimum atomic E-state index is -3.17. The third kappa shape index (κ3) is 2.11. The lowest BCUT2D eigenvalue weighted by molar-refractivity contribution is 0.602. The van der Waals surface area contributed by atoms with Crippen molar-refractivity contribution >= 4 is 15.8 Å². The molecule has 96 valence electrons. The number of rotatable bonds is 2. The highest BCUT2D eigenvalue weighted by Crippen LogP contribution is 2.25. The Balaban J connectivity index is 2.50. The third-order valence-electron chi connectivity index (χ3n) is 2.97. The average molecular weight is 265 g/mol. The van der Waals surface area contributed by atoms with Gasteiger partial charge in [0.15, 0.2) is 9.84 Å². The van der Waals surface area contributed by atoms with E-state index < -0.39 is 9.84 Å². The van der Waals surface area contributed by atoms with Crippen molar-refractivity contribution in [1.82, 2.24) is 9.55 Å². The lowest BCUT2D eigenvalue weighted by Gasteiger charge is -2.02. The van der Waals surface area contributed by atoms with E-state index in [0.717, 1.165) is 17.0 Å². The number of nitrogen functional groups attached to an aromatic ring is 1. The summed E-state index contributed by atoms with van der Waals surface area (Å²) in [6.45, 7) is 1.92. The Morgan fingerprint density at radius 2 is 1.78 bits per heavy atom. The van der Waals surface area contributed by atoms with Crippen LogP contribution in [0.4, 0.5) is 5.95 Å². The second kappa shape index (κ2) is 4.13. The number of sulfone groups is 1. The molecule has 0 atom stereocenters. The zero-order valence-electron chi connectivity index (χ0n) is 10.5. The highest BCUT2D eigenvalue weighted by atomic mass is 32.2. The van der Waals surface area contributed by atoms with E-state index in [1.807, 2.05) is 14.0 Å². The van der Waals surface area contributed by atoms with E-state index in [2.05, 4.69) is 4.98 Å². The summed E-state index contributed by atoms with van der Waals surface area (Å²) in [5.74, 6) is 0.440. The SMILES string of the molecule is Cc1c(-c2ccc(S(C)(=O)=O)cc2)nc(N)n1C. The molecule has 0 fully saturated rings. The van der Waals surface area contributed by atoms with Crippen molar-refractivity contribution in [2.24, 2.45) is 7.05 Å². The molecular formula is C12H15N3O2S. The first kappa shape index (κ1) is 12.6. The zero-order chi connectivity index (χ0) is 13.5. The van der Waals surface area contributed by atoms with Gasteiger partial charge in [-0.2, -0.15) is 0 Å². The van der Waals surface area contributed by atoms with E-state index >= 15 is 0 Å². The number of benzene rings is 1. The van der Waals surface area contributed by atoms with Crippen LogP contribution in [-0.2, 0) is 16.9 Å². The molecule has 1 aromatic carbocycles. The van der Waals surface area contributed by atoms with Crippen molar-refractivity contribution in [3.8, 4) is 11.3 Å². The molecule has 0 amide bonds. The maximum atomic E-state index is 11.4. The molecule has 1 heterocycles. The first-order valence-corrected chi connectivity index (χ1v) is 7.29. The monoisotopic (exact) mass is 265 g/mol. The third-order valence-corrected chi connectivity index (χ3v) is 4.10. The summed E-state index contributed by atoms with van der Waals surface area (Å²) in [6.07, 6.45) is 1.19. The van der Waals surface area contributed by atoms with Gasteiger partial charge >= 0.3 is 0 Å². The summed E-state index contributed by atoms with van der Waals surface area (Å²) < 4.78 is 24.5. The molecule has 0 aliphatic heterocycles. The topological polar surface area (TPSA) is 78.0 Å². The summed E-state index contributed by atoms with van der Waals surface area (Å²) in [5.41, 5.74) is 8.31. The first-order chi connectivity index (χ1) is 8.30. The molecule has 18 heavy (non-hydrogen) atoms. The zero-order valence-corrected chi connectivity index (χ0v) is 11.3. The summed E-state index contributed by atoms with van der Waals surface area (Å²) in [5, 5.41) is 0. The second-order valence-corrected chi connectivity index (χ2v) is 6.28. The maximum absolute atomic E-state index is 11.4. The molecule has 0 spiro atoms. The first-order valence-electron chi connectivity index (χ1n) is 5.40. The maximum Gasteiger partial charge on any atom is 0.200 e. The molecule has 0 aliphatic rings. The van der Waals surface area contributed by atoms with E-state index in [9.17, 15) is 8.42 Å². The molecule has 1 aromatic heterocycles. The fourth-order valence-corrected chi connectivity index (χ4v) is 2.37. The number of anilines is 1. The van der Waals surface area contributed by atoms with Crippen molar-refractivity contribution in [3.05, 3.63) is 30.0 Å². The molecule has 2 rings (SSSR count). The quantitative estimate of drug-likeness (QED) is 0.889. The van der Waals surface area contributed by atoms with E-state index in [1.54, 1.807) is 28.8 Å². The Morgan fingerprint density at radius 3 is 2.17 bits per heavy atom. The van der Waals surface area contributed by atoms with Crippen molar-refractivity contribution in [3.63, 3.8) is 0 Å². The summed E-state index contributed by atoms with van der Waals surface area (Å²) >= 11 is 0. The van der Waals surface area contributed by atoms with Crippen molar-refractivity contribution < 1.29 is 8.42 Å². The summed E-state index contributed by atoms with van der Waals surface area (Å²) in [6, 6.07) is 6.64. The van der Waals surface area contributed by atoms with Gasteiger partial charge in [-0.1, -0.05) is 12.1 Å². The van der Waals surface area contributed by atoms with Crippen LogP contribution in [0.5, 0.6) is 0 Å². The van der Waals surface area contributed by atoms with Crippen LogP contribution >= 0.6 is 0 Å². The summed E-state index contributed by atoms with van der Waals surface area (Å²) in [7, 11) is -1.33. The smallest absolute Gasteiger partial charge is 0.200 e. The van der Waals surface area contributed by atoms with Crippen LogP contribution in [0.25, 0.3) is 11.3 Å². The molecule has 5 nitrogen and oxygen atoms in total. The average Bonchev–Trinajstić information content (AvgIpc) is 2.56. The number of hydrogen-bond acceptors (Lipinski definition) is 4. The van der Waals surface area contributed by atoms with Gasteiger partial charge in [-0.3, -0.25) is 0 Å². The minimum Gasteiger partial charge on any atom is -0.369 e. The number of nitrogens with zero attached hydrogens (tertiary/aromatic N) is 2. The van der Waals surface area contributed by atoms with Gasteiger partial charge in [0.25, 0.3) is 0 Å². The molecule has 0 aliphatic carbocycles. The number of imidazole rings is 1. The second-order valence-electron chi connectivity index (χ2n) is 4.26. The van der Waals surface area contributed by atoms with Gasteiger partial charge in [-0.25, -0.2) is 13.4 Å². The normalized spacial score (nSPS) is 11.7. The molecule has 0 unspecified atom stereocenters. The highest BCUT2D eigenvalue weighted by Gasteiger charge is 2.12. The van der Waals surface area contributed by atoms with Gasteiger partial charge in [0, 0.05) is 24.6 Å². The van der Waals surface area contributed by atoms with Crippen LogP contribution in [0, 0.1) is 6.92 Å². The lowest BCUT2D eigenvalue weighted by atomic mass is 10.1. The van der Waals surface area contributed by atoms with E-state index in [4.69, 9.17) is 5.73 Å². The van der Waals surface area contributed by atoms with Gasteiger partial charge < -0.3 is 10.3 Å². The van der Waals surface area contributed by atoms with Gasteiger partial charge in [-0.05, 0) is 19.1 Å². The molecule has 0 saturated carbocycles. The highest BCUT2D eigenvalue weighted by molar-refractivity contribution is 7.90. The Morgan fingerprint density at radius 1 is 1.22 bits per heavy atom. The molecule has 0 saturated heterocycles. The molecule has 0 radical (unpaired) electrons. The van der Waals surface area contributed by atoms with Crippen LogP contribution < -0.4 is 5.73 Å². The van der Waals surface area contributed by atoms with E-state index in [0.29, 0.717) is 10.8 Å². The van der Waals surface area contributed by atoms with E-state index in [-0.39, 0.29) is 0 Å². The molecule has 2 N–H and O–H groups in total. The predicted octanol–water partition coefficient (Wildman–Crippen LogP) is 1.38. The van der Waals surface area contributed by atoms with Crippen molar-refractivity contribution in [1.29, 1.82) is 0 Å². The van der Waals surface area contributed by atoms with Crippen molar-refractivity contribution in [2.75, 3.05) is 12.0 Å². The van der Waals surface area contributed by atoms with Gasteiger partial charge in [0.05, 0.1) is 10.6 Å². The van der Waals surface area contributed by atoms with Crippen LogP contribution in [0.2, 0.25) is 0 Å². The van der Waals surface area contributed by atoms with Gasteiger partial charge in [0.1, 0.15) is 0 Å². The Kier molecular flexibility index (Phi) is 2.90.